The lowest BCUT2D eigenvalue weighted by Gasteiger charge is -2.22. The van der Waals surface area contributed by atoms with E-state index in [0.29, 0.717) is 11.3 Å². The van der Waals surface area contributed by atoms with Crippen LogP contribution in [0.25, 0.3) is 0 Å². The predicted octanol–water partition coefficient (Wildman–Crippen LogP) is 2.91. The predicted molar refractivity (Wildman–Crippen MR) is 67.2 cm³/mol. The van der Waals surface area contributed by atoms with Gasteiger partial charge >= 0.3 is 6.18 Å². The fourth-order valence-electron chi connectivity index (χ4n) is 1.84. The third-order valence-electron chi connectivity index (χ3n) is 2.75. The third kappa shape index (κ3) is 2.87. The van der Waals surface area contributed by atoms with E-state index in [1.165, 1.54) is 28.8 Å². The van der Waals surface area contributed by atoms with Crippen molar-refractivity contribution in [3.05, 3.63) is 35.4 Å². The molecule has 1 saturated heterocycles. The van der Waals surface area contributed by atoms with Gasteiger partial charge in [-0.25, -0.2) is 0 Å². The van der Waals surface area contributed by atoms with E-state index in [2.05, 4.69) is 5.92 Å². The molecule has 19 heavy (non-hydrogen) atoms. The number of hydrogen-bond donors (Lipinski definition) is 0. The van der Waals surface area contributed by atoms with Gasteiger partial charge in [-0.3, -0.25) is 4.79 Å². The second-order valence-electron chi connectivity index (χ2n) is 4.01. The van der Waals surface area contributed by atoms with Gasteiger partial charge in [-0.2, -0.15) is 13.2 Å². The molecule has 1 aromatic carbocycles. The summed E-state index contributed by atoms with van der Waals surface area (Å²) in [6, 6.07) is 4.82. The van der Waals surface area contributed by atoms with Crippen LogP contribution >= 0.6 is 11.8 Å². The molecule has 0 aromatic heterocycles. The molecule has 1 aromatic rings. The molecule has 1 amide bonds. The maximum absolute atomic E-state index is 12.5. The van der Waals surface area contributed by atoms with Crippen molar-refractivity contribution in [2.75, 3.05) is 12.3 Å². The lowest BCUT2D eigenvalue weighted by Crippen LogP contribution is -2.28. The van der Waals surface area contributed by atoms with Gasteiger partial charge in [0.25, 0.3) is 0 Å². The molecular weight excluding hydrogens is 275 g/mol. The molecular formula is C13H10F3NOS. The Kier molecular flexibility index (Phi) is 3.76. The van der Waals surface area contributed by atoms with Crippen LogP contribution in [0.5, 0.6) is 0 Å². The van der Waals surface area contributed by atoms with Crippen molar-refractivity contribution in [3.63, 3.8) is 0 Å². The van der Waals surface area contributed by atoms with Gasteiger partial charge in [-0.05, 0) is 17.7 Å². The lowest BCUT2D eigenvalue weighted by atomic mass is 10.1. The van der Waals surface area contributed by atoms with Crippen molar-refractivity contribution in [1.82, 2.24) is 4.90 Å². The first-order valence-corrected chi connectivity index (χ1v) is 6.50. The summed E-state index contributed by atoms with van der Waals surface area (Å²) >= 11 is 1.36. The van der Waals surface area contributed by atoms with E-state index in [9.17, 15) is 18.0 Å². The Morgan fingerprint density at radius 3 is 2.53 bits per heavy atom. The van der Waals surface area contributed by atoms with Crippen LogP contribution in [0, 0.1) is 12.3 Å². The molecule has 0 aliphatic carbocycles. The zero-order chi connectivity index (χ0) is 14.0. The number of carbonyl (C=O) groups excluding carboxylic acids is 1. The molecule has 1 unspecified atom stereocenters. The number of halogens is 3. The quantitative estimate of drug-likeness (QED) is 0.779. The van der Waals surface area contributed by atoms with Gasteiger partial charge in [0.2, 0.25) is 5.91 Å². The van der Waals surface area contributed by atoms with Crippen LogP contribution in [0.4, 0.5) is 13.2 Å². The average Bonchev–Trinajstić information content (AvgIpc) is 2.71. The van der Waals surface area contributed by atoms with Crippen LogP contribution in [-0.2, 0) is 11.0 Å². The SMILES string of the molecule is C#CCN1C(=O)CSC1c1ccc(C(F)(F)F)cc1. The molecule has 1 aliphatic rings. The summed E-state index contributed by atoms with van der Waals surface area (Å²) in [5.74, 6) is 2.60. The van der Waals surface area contributed by atoms with Crippen molar-refractivity contribution in [1.29, 1.82) is 0 Å². The minimum absolute atomic E-state index is 0.0900. The molecule has 0 N–H and O–H groups in total. The van der Waals surface area contributed by atoms with E-state index >= 15 is 0 Å². The van der Waals surface area contributed by atoms with Gasteiger partial charge < -0.3 is 4.90 Å². The lowest BCUT2D eigenvalue weighted by molar-refractivity contribution is -0.137. The second-order valence-corrected chi connectivity index (χ2v) is 5.08. The van der Waals surface area contributed by atoms with E-state index in [1.807, 2.05) is 0 Å². The van der Waals surface area contributed by atoms with Crippen LogP contribution in [0.2, 0.25) is 0 Å². The Morgan fingerprint density at radius 1 is 1.37 bits per heavy atom. The van der Waals surface area contributed by atoms with Gasteiger partial charge in [-0.15, -0.1) is 18.2 Å². The largest absolute Gasteiger partial charge is 0.416 e. The second kappa shape index (κ2) is 5.17. The summed E-state index contributed by atoms with van der Waals surface area (Å²) in [6.07, 6.45) is 0.839. The highest BCUT2D eigenvalue weighted by Gasteiger charge is 2.34. The van der Waals surface area contributed by atoms with E-state index < -0.39 is 11.7 Å². The summed E-state index contributed by atoms with van der Waals surface area (Å²) in [6.45, 7) is 0.164. The molecule has 1 atom stereocenters. The van der Waals surface area contributed by atoms with E-state index in [0.717, 1.165) is 12.1 Å². The van der Waals surface area contributed by atoms with Gasteiger partial charge in [0.05, 0.1) is 17.9 Å². The molecule has 0 radical (unpaired) electrons. The fraction of sp³-hybridized carbons (Fsp3) is 0.308. The number of terminal acetylenes is 1. The highest BCUT2D eigenvalue weighted by atomic mass is 32.2. The summed E-state index contributed by atoms with van der Waals surface area (Å²) < 4.78 is 37.4. The molecule has 100 valence electrons. The summed E-state index contributed by atoms with van der Waals surface area (Å²) in [4.78, 5) is 13.1. The third-order valence-corrected chi connectivity index (χ3v) is 4.01. The highest BCUT2D eigenvalue weighted by Crippen LogP contribution is 2.39. The number of hydrogen-bond acceptors (Lipinski definition) is 2. The van der Waals surface area contributed by atoms with Crippen LogP contribution in [0.1, 0.15) is 16.5 Å². The Bertz CT molecular complexity index is 518. The summed E-state index contributed by atoms with van der Waals surface area (Å²) in [5.41, 5.74) is -0.0480. The van der Waals surface area contributed by atoms with Gasteiger partial charge in [-0.1, -0.05) is 18.1 Å². The van der Waals surface area contributed by atoms with Crippen LogP contribution < -0.4 is 0 Å². The number of benzene rings is 1. The number of amides is 1. The average molecular weight is 285 g/mol. The zero-order valence-electron chi connectivity index (χ0n) is 9.78. The van der Waals surface area contributed by atoms with Gasteiger partial charge in [0.1, 0.15) is 5.37 Å². The standard InChI is InChI=1S/C13H10F3NOS/c1-2-7-17-11(18)8-19-12(17)9-3-5-10(6-4-9)13(14,15)16/h1,3-6,12H,7-8H2. The van der Waals surface area contributed by atoms with Crippen molar-refractivity contribution >= 4 is 17.7 Å². The number of nitrogens with zero attached hydrogens (tertiary/aromatic N) is 1. The molecule has 6 heteroatoms. The molecule has 1 aliphatic heterocycles. The number of carbonyl (C=O) groups is 1. The molecule has 1 heterocycles. The maximum Gasteiger partial charge on any atom is 0.416 e. The van der Waals surface area contributed by atoms with Crippen LogP contribution in [-0.4, -0.2) is 23.1 Å². The van der Waals surface area contributed by atoms with Crippen LogP contribution in [0.15, 0.2) is 24.3 Å². The monoisotopic (exact) mass is 285 g/mol. The van der Waals surface area contributed by atoms with Crippen molar-refractivity contribution in [2.24, 2.45) is 0 Å². The molecule has 0 saturated carbocycles. The van der Waals surface area contributed by atoms with E-state index in [1.54, 1.807) is 0 Å². The molecule has 2 rings (SSSR count). The molecule has 1 fully saturated rings. The van der Waals surface area contributed by atoms with E-state index in [-0.39, 0.29) is 17.8 Å². The first-order valence-electron chi connectivity index (χ1n) is 5.45. The minimum Gasteiger partial charge on any atom is -0.315 e. The Hall–Kier alpha value is -1.61. The first-order chi connectivity index (χ1) is 8.93. The number of alkyl halides is 3. The highest BCUT2D eigenvalue weighted by molar-refractivity contribution is 8.00. The number of thioether (sulfide) groups is 1. The van der Waals surface area contributed by atoms with Gasteiger partial charge in [0, 0.05) is 0 Å². The zero-order valence-corrected chi connectivity index (χ0v) is 10.6. The minimum atomic E-state index is -4.35. The Morgan fingerprint density at radius 2 is 2.00 bits per heavy atom. The van der Waals surface area contributed by atoms with Gasteiger partial charge in [0.15, 0.2) is 0 Å². The number of rotatable bonds is 2. The topological polar surface area (TPSA) is 20.3 Å². The Balaban J connectivity index is 2.23. The van der Waals surface area contributed by atoms with Crippen molar-refractivity contribution in [3.8, 4) is 12.3 Å². The van der Waals surface area contributed by atoms with Crippen molar-refractivity contribution in [2.45, 2.75) is 11.6 Å². The maximum atomic E-state index is 12.5. The fourth-order valence-corrected chi connectivity index (χ4v) is 3.02. The summed E-state index contributed by atoms with van der Waals surface area (Å²) in [5, 5.41) is -0.300. The van der Waals surface area contributed by atoms with Crippen LogP contribution in [0.3, 0.4) is 0 Å². The first kappa shape index (κ1) is 13.8. The smallest absolute Gasteiger partial charge is 0.315 e. The van der Waals surface area contributed by atoms with E-state index in [4.69, 9.17) is 6.42 Å². The molecule has 0 bridgehead atoms. The Labute approximate surface area is 113 Å². The molecule has 0 spiro atoms. The molecule has 2 nitrogen and oxygen atoms in total. The van der Waals surface area contributed by atoms with Crippen molar-refractivity contribution < 1.29 is 18.0 Å². The summed E-state index contributed by atoms with van der Waals surface area (Å²) in [7, 11) is 0. The normalized spacial score (nSPS) is 19.6.